The van der Waals surface area contributed by atoms with Crippen LogP contribution in [0.15, 0.2) is 47.3 Å². The lowest BCUT2D eigenvalue weighted by atomic mass is 9.81. The second-order valence-electron chi connectivity index (χ2n) is 21.5. The molecule has 0 spiro atoms. The summed E-state index contributed by atoms with van der Waals surface area (Å²) in [6.07, 6.45) is -7.19. The maximum Gasteiger partial charge on any atom is 0.343 e. The van der Waals surface area contributed by atoms with Crippen LogP contribution >= 0.6 is 0 Å². The maximum atomic E-state index is 16.3. The predicted octanol–water partition coefficient (Wildman–Crippen LogP) is -3.41. The third kappa shape index (κ3) is 13.8. The molecule has 1 saturated heterocycles. The standard InChI is InChI=1S/C56H68F2N10O17/c1-4-56(82)31-15-37-46-29(21-68(37)52(79)30(31)23-84-54(56)81)45-34(12-10-28-26(2)32(57)16-35(66-46)44(28)45)67-53(80)55(3,58)24-83-25-64-42(72)19-63-51(78)36(14-27-8-6-5-7-9-27)65-43(73)20-61-41(71)18-62-50(77)33(59)11-13-40(70)60-17-38-47(74)49(76)48(75)39(22-69)85-38/h5-9,15-16,33-34,36,38-39,47-49,69,74-76,82H,4,10-14,17-25,59H2,1-3H3,(H,60,70)(H,61,71)(H,62,77)(H,63,78)(H,64,72)(H,65,73)(H,67,80)/t33-,34-,36-,38-,39+,47-,48+,49+,55+,56-/m0/s1. The Kier molecular flexibility index (Phi) is 19.7. The number of aliphatic hydroxyl groups is 5. The zero-order valence-electron chi connectivity index (χ0n) is 46.6. The summed E-state index contributed by atoms with van der Waals surface area (Å²) < 4.78 is 49.1. The van der Waals surface area contributed by atoms with Gasteiger partial charge < -0.3 is 87.3 Å². The first-order valence-corrected chi connectivity index (χ1v) is 27.5. The molecule has 14 N–H and O–H groups in total. The molecule has 1 fully saturated rings. The fourth-order valence-corrected chi connectivity index (χ4v) is 10.7. The highest BCUT2D eigenvalue weighted by Gasteiger charge is 2.47. The molecular formula is C56H68F2N10O17. The molecule has 5 heterocycles. The number of nitrogens with two attached hydrogens (primary N) is 1. The number of fused-ring (bicyclic) bond motifs is 5. The van der Waals surface area contributed by atoms with E-state index in [2.05, 4.69) is 37.2 Å². The number of alkyl halides is 1. The summed E-state index contributed by atoms with van der Waals surface area (Å²) in [5, 5.41) is 68.4. The number of aliphatic hydroxyl groups excluding tert-OH is 4. The van der Waals surface area contributed by atoms with Gasteiger partial charge in [-0.05, 0) is 67.9 Å². The number of esters is 1. The predicted molar refractivity (Wildman–Crippen MR) is 292 cm³/mol. The third-order valence-corrected chi connectivity index (χ3v) is 15.6. The second kappa shape index (κ2) is 26.6. The quantitative estimate of drug-likeness (QED) is 0.0163. The van der Waals surface area contributed by atoms with Crippen LogP contribution in [0.3, 0.4) is 0 Å². The fraction of sp³-hybridized carbons (Fsp3) is 0.500. The van der Waals surface area contributed by atoms with Gasteiger partial charge in [0.15, 0.2) is 5.60 Å². The van der Waals surface area contributed by atoms with Crippen LogP contribution in [0.5, 0.6) is 0 Å². The van der Waals surface area contributed by atoms with Crippen molar-refractivity contribution in [3.63, 3.8) is 0 Å². The van der Waals surface area contributed by atoms with Gasteiger partial charge in [0.2, 0.25) is 41.1 Å². The fourth-order valence-electron chi connectivity index (χ4n) is 10.7. The van der Waals surface area contributed by atoms with E-state index in [0.29, 0.717) is 33.2 Å². The number of pyridine rings is 2. The van der Waals surface area contributed by atoms with Gasteiger partial charge in [-0.2, -0.15) is 0 Å². The Balaban J connectivity index is 0.792. The Morgan fingerprint density at radius 3 is 2.28 bits per heavy atom. The molecule has 1 aliphatic carbocycles. The smallest absolute Gasteiger partial charge is 0.343 e. The van der Waals surface area contributed by atoms with E-state index < -0.39 is 158 Å². The van der Waals surface area contributed by atoms with Gasteiger partial charge in [0.25, 0.3) is 11.5 Å². The number of aromatic nitrogens is 2. The Labute approximate surface area is 483 Å². The first-order chi connectivity index (χ1) is 40.4. The van der Waals surface area contributed by atoms with Crippen molar-refractivity contribution in [1.29, 1.82) is 0 Å². The number of amides is 7. The number of benzene rings is 2. The van der Waals surface area contributed by atoms with Crippen molar-refractivity contribution in [1.82, 2.24) is 46.8 Å². The molecule has 29 heteroatoms. The third-order valence-electron chi connectivity index (χ3n) is 15.6. The molecule has 4 aliphatic rings. The van der Waals surface area contributed by atoms with Gasteiger partial charge in [-0.1, -0.05) is 37.3 Å². The van der Waals surface area contributed by atoms with Crippen molar-refractivity contribution in [2.24, 2.45) is 5.73 Å². The van der Waals surface area contributed by atoms with Crippen LogP contribution in [0.25, 0.3) is 22.3 Å². The average Bonchev–Trinajstić information content (AvgIpc) is 1.67. The maximum absolute atomic E-state index is 16.3. The minimum atomic E-state index is -2.69. The summed E-state index contributed by atoms with van der Waals surface area (Å²) in [6, 6.07) is 7.87. The van der Waals surface area contributed by atoms with Crippen LogP contribution in [0, 0.1) is 12.7 Å². The number of nitrogens with zero attached hydrogens (tertiary/aromatic N) is 2. The van der Waals surface area contributed by atoms with Crippen molar-refractivity contribution >= 4 is 58.2 Å². The van der Waals surface area contributed by atoms with Crippen LogP contribution in [0.1, 0.15) is 84.5 Å². The molecule has 2 aromatic heterocycles. The number of carbonyl (C=O) groups is 8. The summed E-state index contributed by atoms with van der Waals surface area (Å²) in [4.78, 5) is 122. The lowest BCUT2D eigenvalue weighted by molar-refractivity contribution is -0.227. The van der Waals surface area contributed by atoms with Gasteiger partial charge in [0, 0.05) is 42.0 Å². The Hall–Kier alpha value is -7.90. The minimum absolute atomic E-state index is 0.0449. The number of nitrogens with one attached hydrogen (secondary N) is 7. The number of cyclic esters (lactones) is 1. The van der Waals surface area contributed by atoms with Gasteiger partial charge >= 0.3 is 5.97 Å². The molecule has 0 radical (unpaired) electrons. The molecule has 3 aliphatic heterocycles. The molecular weight excluding hydrogens is 1120 g/mol. The van der Waals surface area contributed by atoms with Gasteiger partial charge in [0.1, 0.15) is 55.7 Å². The molecule has 458 valence electrons. The number of halogens is 2. The summed E-state index contributed by atoms with van der Waals surface area (Å²) in [7, 11) is 0. The van der Waals surface area contributed by atoms with E-state index in [9.17, 15) is 68.7 Å². The highest BCUT2D eigenvalue weighted by atomic mass is 19.1. The van der Waals surface area contributed by atoms with E-state index in [1.807, 2.05) is 0 Å². The molecule has 10 atom stereocenters. The topological polar surface area (TPSA) is 411 Å². The molecule has 0 unspecified atom stereocenters. The Morgan fingerprint density at radius 1 is 0.894 bits per heavy atom. The summed E-state index contributed by atoms with van der Waals surface area (Å²) in [6.45, 7) is -0.549. The van der Waals surface area contributed by atoms with Crippen molar-refractivity contribution in [2.45, 2.75) is 132 Å². The number of rotatable bonds is 24. The lowest BCUT2D eigenvalue weighted by Crippen LogP contribution is -2.60. The van der Waals surface area contributed by atoms with E-state index in [1.165, 1.54) is 16.7 Å². The summed E-state index contributed by atoms with van der Waals surface area (Å²) >= 11 is 0. The number of carbonyl (C=O) groups excluding carboxylic acids is 8. The molecule has 0 bridgehead atoms. The zero-order chi connectivity index (χ0) is 61.7. The summed E-state index contributed by atoms with van der Waals surface area (Å²) in [5.41, 5.74) is 4.06. The van der Waals surface area contributed by atoms with E-state index in [1.54, 1.807) is 44.2 Å². The normalized spacial score (nSPS) is 22.5. The number of ether oxygens (including phenoxy) is 3. The summed E-state index contributed by atoms with van der Waals surface area (Å²) in [5.74, 6) is -7.17. The van der Waals surface area contributed by atoms with Crippen molar-refractivity contribution in [3.8, 4) is 11.4 Å². The first-order valence-electron chi connectivity index (χ1n) is 27.5. The molecule has 2 aromatic carbocycles. The lowest BCUT2D eigenvalue weighted by Gasteiger charge is -2.40. The van der Waals surface area contributed by atoms with Crippen LogP contribution in [0.2, 0.25) is 0 Å². The number of hydrogen-bond acceptors (Lipinski definition) is 19. The van der Waals surface area contributed by atoms with Crippen molar-refractivity contribution in [3.05, 3.63) is 97.6 Å². The van der Waals surface area contributed by atoms with E-state index in [4.69, 9.17) is 24.9 Å². The Morgan fingerprint density at radius 2 is 1.58 bits per heavy atom. The monoisotopic (exact) mass is 1190 g/mol. The zero-order valence-corrected chi connectivity index (χ0v) is 46.6. The molecule has 7 amide bonds. The molecule has 0 saturated carbocycles. The van der Waals surface area contributed by atoms with E-state index in [0.717, 1.165) is 6.92 Å². The van der Waals surface area contributed by atoms with Gasteiger partial charge in [-0.3, -0.25) is 38.4 Å². The Bertz CT molecular complexity index is 3330. The van der Waals surface area contributed by atoms with Gasteiger partial charge in [0.05, 0.1) is 73.9 Å². The van der Waals surface area contributed by atoms with E-state index >= 15 is 8.78 Å². The van der Waals surface area contributed by atoms with Gasteiger partial charge in [-0.25, -0.2) is 18.6 Å². The molecule has 4 aromatic rings. The SMILES string of the molecule is CC[C@@]1(O)C(=O)OCc2c1cc1n(c2=O)Cc2c-1nc1cc(F)c(C)c3c1c2[C@@H](NC(=O)[C@](C)(F)COCNC(=O)CNC(=O)[C@H](Cc1ccccc1)NC(=O)CNC(=O)CNC(=O)[C@@H](N)CCC(=O)NC[C@@H]1O[C@H](CO)[C@@H](O)[C@H](O)[C@H]1O)CC3. The van der Waals surface area contributed by atoms with Crippen LogP contribution in [-0.2, 0) is 84.2 Å². The number of hydrogen-bond donors (Lipinski definition) is 13. The van der Waals surface area contributed by atoms with Crippen molar-refractivity contribution < 1.29 is 86.9 Å². The van der Waals surface area contributed by atoms with E-state index in [-0.39, 0.29) is 86.3 Å². The first kappa shape index (κ1) is 63.1. The van der Waals surface area contributed by atoms with Crippen LogP contribution in [0.4, 0.5) is 8.78 Å². The van der Waals surface area contributed by atoms with Gasteiger partial charge in [-0.15, -0.1) is 0 Å². The number of aryl methyl sites for hydroxylation is 1. The van der Waals surface area contributed by atoms with Crippen LogP contribution < -0.4 is 48.5 Å². The largest absolute Gasteiger partial charge is 0.458 e. The molecule has 27 nitrogen and oxygen atoms in total. The van der Waals surface area contributed by atoms with Crippen molar-refractivity contribution in [2.75, 3.05) is 46.1 Å². The molecule has 8 rings (SSSR count). The highest BCUT2D eigenvalue weighted by molar-refractivity contribution is 5.96. The molecule has 85 heavy (non-hydrogen) atoms. The average molecular weight is 1190 g/mol. The van der Waals surface area contributed by atoms with Crippen LogP contribution in [-0.4, -0.2) is 177 Å². The minimum Gasteiger partial charge on any atom is -0.458 e. The highest BCUT2D eigenvalue weighted by Crippen LogP contribution is 2.46. The second-order valence-corrected chi connectivity index (χ2v) is 21.5.